The highest BCUT2D eigenvalue weighted by molar-refractivity contribution is 7.17. The van der Waals surface area contributed by atoms with Crippen LogP contribution < -0.4 is 0 Å². The summed E-state index contributed by atoms with van der Waals surface area (Å²) >= 11 is 1.66. The highest BCUT2D eigenvalue weighted by atomic mass is 32.1. The van der Waals surface area contributed by atoms with E-state index in [1.807, 2.05) is 29.7 Å². The van der Waals surface area contributed by atoms with Gasteiger partial charge >= 0.3 is 0 Å². The first-order valence-electron chi connectivity index (χ1n) is 6.43. The number of carbonyl (C=O) groups excluding carboxylic acids is 1. The van der Waals surface area contributed by atoms with Gasteiger partial charge in [0.2, 0.25) is 0 Å². The van der Waals surface area contributed by atoms with Crippen LogP contribution in [0.1, 0.15) is 42.5 Å². The standard InChI is InChI=1S/C16H18OS/c1-2-3-4-5-6-10-15(17)14-12-18-16-11-8-7-9-13(14)16/h2,7-9,11-12H,1,3-6,10H2. The van der Waals surface area contributed by atoms with Gasteiger partial charge in [0.1, 0.15) is 0 Å². The maximum Gasteiger partial charge on any atom is 0.164 e. The Bertz CT molecular complexity index is 539. The van der Waals surface area contributed by atoms with Crippen molar-refractivity contribution in [2.45, 2.75) is 32.1 Å². The number of fused-ring (bicyclic) bond motifs is 1. The SMILES string of the molecule is C=CCCCCCC(=O)c1csc2ccccc12. The largest absolute Gasteiger partial charge is 0.294 e. The maximum atomic E-state index is 12.1. The molecule has 0 aliphatic heterocycles. The molecule has 0 spiro atoms. The van der Waals surface area contributed by atoms with Gasteiger partial charge in [0.05, 0.1) is 0 Å². The molecule has 0 radical (unpaired) electrons. The van der Waals surface area contributed by atoms with Crippen LogP contribution in [0.3, 0.4) is 0 Å². The van der Waals surface area contributed by atoms with Crippen LogP contribution in [0.2, 0.25) is 0 Å². The third kappa shape index (κ3) is 3.08. The zero-order valence-electron chi connectivity index (χ0n) is 10.5. The summed E-state index contributed by atoms with van der Waals surface area (Å²) in [6.07, 6.45) is 6.89. The number of thiophene rings is 1. The van der Waals surface area contributed by atoms with Crippen molar-refractivity contribution in [1.29, 1.82) is 0 Å². The van der Waals surface area contributed by atoms with Gasteiger partial charge in [-0.3, -0.25) is 4.79 Å². The summed E-state index contributed by atoms with van der Waals surface area (Å²) in [4.78, 5) is 12.1. The molecule has 18 heavy (non-hydrogen) atoms. The van der Waals surface area contributed by atoms with E-state index in [1.54, 1.807) is 11.3 Å². The highest BCUT2D eigenvalue weighted by Crippen LogP contribution is 2.27. The Labute approximate surface area is 112 Å². The Morgan fingerprint density at radius 3 is 2.89 bits per heavy atom. The van der Waals surface area contributed by atoms with E-state index in [-0.39, 0.29) is 5.78 Å². The summed E-state index contributed by atoms with van der Waals surface area (Å²) in [5, 5.41) is 3.11. The van der Waals surface area contributed by atoms with Crippen molar-refractivity contribution in [2.24, 2.45) is 0 Å². The molecule has 0 bridgehead atoms. The quantitative estimate of drug-likeness (QED) is 0.378. The van der Waals surface area contributed by atoms with Crippen molar-refractivity contribution < 1.29 is 4.79 Å². The van der Waals surface area contributed by atoms with Crippen LogP contribution in [-0.4, -0.2) is 5.78 Å². The number of hydrogen-bond donors (Lipinski definition) is 0. The average Bonchev–Trinajstić information content (AvgIpc) is 2.82. The average molecular weight is 258 g/mol. The lowest BCUT2D eigenvalue weighted by Crippen LogP contribution is -1.97. The minimum Gasteiger partial charge on any atom is -0.294 e. The molecule has 0 N–H and O–H groups in total. The molecule has 0 saturated heterocycles. The second-order valence-electron chi connectivity index (χ2n) is 4.46. The molecule has 0 aliphatic carbocycles. The number of carbonyl (C=O) groups is 1. The maximum absolute atomic E-state index is 12.1. The number of unbranched alkanes of at least 4 members (excludes halogenated alkanes) is 3. The molecule has 1 aromatic heterocycles. The van der Waals surface area contributed by atoms with E-state index in [0.29, 0.717) is 6.42 Å². The van der Waals surface area contributed by atoms with Crippen LogP contribution in [0.4, 0.5) is 0 Å². The van der Waals surface area contributed by atoms with Gasteiger partial charge in [-0.05, 0) is 25.3 Å². The smallest absolute Gasteiger partial charge is 0.164 e. The number of allylic oxidation sites excluding steroid dienone is 1. The fourth-order valence-corrected chi connectivity index (χ4v) is 3.04. The van der Waals surface area contributed by atoms with E-state index in [1.165, 1.54) is 4.70 Å². The fraction of sp³-hybridized carbons (Fsp3) is 0.312. The number of Topliss-reactive ketones (excluding diaryl/α,β-unsaturated/α-hetero) is 1. The lowest BCUT2D eigenvalue weighted by molar-refractivity contribution is 0.0981. The van der Waals surface area contributed by atoms with Gasteiger partial charge < -0.3 is 0 Å². The number of benzene rings is 1. The van der Waals surface area contributed by atoms with E-state index in [9.17, 15) is 4.79 Å². The summed E-state index contributed by atoms with van der Waals surface area (Å²) < 4.78 is 1.20. The summed E-state index contributed by atoms with van der Waals surface area (Å²) in [5.74, 6) is 0.283. The third-order valence-corrected chi connectivity index (χ3v) is 4.06. The van der Waals surface area contributed by atoms with Gasteiger partial charge in [-0.1, -0.05) is 30.7 Å². The Morgan fingerprint density at radius 1 is 1.22 bits per heavy atom. The molecular formula is C16H18OS. The molecule has 2 rings (SSSR count). The Kier molecular flexibility index (Phi) is 4.71. The summed E-state index contributed by atoms with van der Waals surface area (Å²) in [5.41, 5.74) is 0.902. The van der Waals surface area contributed by atoms with Crippen molar-refractivity contribution in [3.8, 4) is 0 Å². The summed E-state index contributed by atoms with van der Waals surface area (Å²) in [7, 11) is 0. The summed E-state index contributed by atoms with van der Waals surface area (Å²) in [6, 6.07) is 8.12. The van der Waals surface area contributed by atoms with Crippen molar-refractivity contribution in [1.82, 2.24) is 0 Å². The van der Waals surface area contributed by atoms with Crippen LogP contribution >= 0.6 is 11.3 Å². The predicted molar refractivity (Wildman–Crippen MR) is 79.4 cm³/mol. The first-order valence-corrected chi connectivity index (χ1v) is 7.31. The van der Waals surface area contributed by atoms with Crippen molar-refractivity contribution in [2.75, 3.05) is 0 Å². The van der Waals surface area contributed by atoms with Crippen LogP contribution in [0.25, 0.3) is 10.1 Å². The first-order chi connectivity index (χ1) is 8.83. The molecule has 2 heteroatoms. The molecule has 0 unspecified atom stereocenters. The van der Waals surface area contributed by atoms with E-state index in [0.717, 1.165) is 36.6 Å². The predicted octanol–water partition coefficient (Wildman–Crippen LogP) is 5.22. The van der Waals surface area contributed by atoms with Crippen LogP contribution in [0.5, 0.6) is 0 Å². The topological polar surface area (TPSA) is 17.1 Å². The number of ketones is 1. The molecule has 1 nitrogen and oxygen atoms in total. The third-order valence-electron chi connectivity index (χ3n) is 3.09. The summed E-state index contributed by atoms with van der Waals surface area (Å²) in [6.45, 7) is 3.70. The zero-order valence-corrected chi connectivity index (χ0v) is 11.3. The number of rotatable bonds is 7. The van der Waals surface area contributed by atoms with Crippen molar-refractivity contribution in [3.05, 3.63) is 47.9 Å². The van der Waals surface area contributed by atoms with E-state index >= 15 is 0 Å². The van der Waals surface area contributed by atoms with Gasteiger partial charge in [-0.2, -0.15) is 0 Å². The second-order valence-corrected chi connectivity index (χ2v) is 5.37. The highest BCUT2D eigenvalue weighted by Gasteiger charge is 2.11. The monoisotopic (exact) mass is 258 g/mol. The molecule has 1 heterocycles. The second kappa shape index (κ2) is 6.50. The van der Waals surface area contributed by atoms with E-state index in [4.69, 9.17) is 0 Å². The van der Waals surface area contributed by atoms with Gasteiger partial charge in [-0.15, -0.1) is 17.9 Å². The lowest BCUT2D eigenvalue weighted by atomic mass is 10.0. The van der Waals surface area contributed by atoms with Gasteiger partial charge in [-0.25, -0.2) is 0 Å². The van der Waals surface area contributed by atoms with Crippen LogP contribution in [-0.2, 0) is 0 Å². The molecular weight excluding hydrogens is 240 g/mol. The first kappa shape index (κ1) is 13.0. The van der Waals surface area contributed by atoms with E-state index < -0.39 is 0 Å². The molecule has 0 fully saturated rings. The number of hydrogen-bond acceptors (Lipinski definition) is 2. The van der Waals surface area contributed by atoms with Gasteiger partial charge in [0.15, 0.2) is 5.78 Å². The molecule has 2 aromatic rings. The Hall–Kier alpha value is -1.41. The fourth-order valence-electron chi connectivity index (χ4n) is 2.08. The molecule has 0 aliphatic rings. The van der Waals surface area contributed by atoms with Crippen LogP contribution in [0.15, 0.2) is 42.3 Å². The van der Waals surface area contributed by atoms with Gasteiger partial charge in [0, 0.05) is 27.5 Å². The minimum atomic E-state index is 0.283. The molecule has 94 valence electrons. The Balaban J connectivity index is 1.94. The molecule has 0 amide bonds. The lowest BCUT2D eigenvalue weighted by Gasteiger charge is -2.00. The minimum absolute atomic E-state index is 0.283. The Morgan fingerprint density at radius 2 is 2.06 bits per heavy atom. The normalized spacial score (nSPS) is 10.7. The van der Waals surface area contributed by atoms with E-state index in [2.05, 4.69) is 12.6 Å². The van der Waals surface area contributed by atoms with Gasteiger partial charge in [0.25, 0.3) is 0 Å². The zero-order chi connectivity index (χ0) is 12.8. The molecule has 0 saturated carbocycles. The van der Waals surface area contributed by atoms with Crippen molar-refractivity contribution in [3.63, 3.8) is 0 Å². The molecule has 0 atom stereocenters. The molecule has 1 aromatic carbocycles. The van der Waals surface area contributed by atoms with Crippen LogP contribution in [0, 0.1) is 0 Å². The van der Waals surface area contributed by atoms with Crippen molar-refractivity contribution >= 4 is 27.2 Å².